The Morgan fingerprint density at radius 2 is 1.84 bits per heavy atom. The molecule has 3 amide bonds. The van der Waals surface area contributed by atoms with Crippen molar-refractivity contribution in [1.82, 2.24) is 5.32 Å². The standard InChI is InChI=1S/C17H21FN4O3/c18-12-5-3-11(4-6-12)10-14(23)21-13(2-1-9-19)15(24)22-17(7-8-17)16(20)25/h3-6H,1-2,7-10,19H2,(H2,20,25)(H,22,24)/b21-13+. The van der Waals surface area contributed by atoms with Crippen LogP contribution < -0.4 is 16.8 Å². The molecule has 0 spiro atoms. The molecule has 0 aromatic heterocycles. The highest BCUT2D eigenvalue weighted by Gasteiger charge is 2.50. The lowest BCUT2D eigenvalue weighted by molar-refractivity contribution is -0.125. The second-order valence-corrected chi connectivity index (χ2v) is 6.05. The van der Waals surface area contributed by atoms with Gasteiger partial charge in [-0.05, 0) is 49.9 Å². The number of hydrogen-bond acceptors (Lipinski definition) is 4. The zero-order valence-electron chi connectivity index (χ0n) is 13.8. The third kappa shape index (κ3) is 5.18. The van der Waals surface area contributed by atoms with Crippen LogP contribution >= 0.6 is 0 Å². The van der Waals surface area contributed by atoms with Crippen molar-refractivity contribution >= 4 is 23.4 Å². The second kappa shape index (κ2) is 7.98. The van der Waals surface area contributed by atoms with E-state index in [9.17, 15) is 18.8 Å². The second-order valence-electron chi connectivity index (χ2n) is 6.05. The first-order valence-corrected chi connectivity index (χ1v) is 8.03. The van der Waals surface area contributed by atoms with Gasteiger partial charge in [0.15, 0.2) is 0 Å². The number of hydrogen-bond donors (Lipinski definition) is 3. The van der Waals surface area contributed by atoms with Crippen molar-refractivity contribution in [2.24, 2.45) is 16.5 Å². The highest BCUT2D eigenvalue weighted by atomic mass is 19.1. The molecule has 1 aromatic rings. The highest BCUT2D eigenvalue weighted by molar-refractivity contribution is 6.41. The Morgan fingerprint density at radius 3 is 2.36 bits per heavy atom. The van der Waals surface area contributed by atoms with Crippen LogP contribution in [0.1, 0.15) is 31.2 Å². The van der Waals surface area contributed by atoms with E-state index in [0.29, 0.717) is 31.4 Å². The fraction of sp³-hybridized carbons (Fsp3) is 0.412. The van der Waals surface area contributed by atoms with Crippen molar-refractivity contribution in [3.8, 4) is 0 Å². The molecule has 2 rings (SSSR count). The molecule has 0 saturated heterocycles. The maximum Gasteiger partial charge on any atom is 0.266 e. The van der Waals surface area contributed by atoms with Gasteiger partial charge in [-0.15, -0.1) is 0 Å². The normalized spacial score (nSPS) is 15.5. The van der Waals surface area contributed by atoms with E-state index >= 15 is 0 Å². The smallest absolute Gasteiger partial charge is 0.266 e. The molecule has 0 heterocycles. The summed E-state index contributed by atoms with van der Waals surface area (Å²) in [5, 5.41) is 2.57. The van der Waals surface area contributed by atoms with Gasteiger partial charge in [0.1, 0.15) is 17.1 Å². The van der Waals surface area contributed by atoms with Crippen LogP contribution in [0, 0.1) is 5.82 Å². The molecule has 134 valence electrons. The summed E-state index contributed by atoms with van der Waals surface area (Å²) in [6.07, 6.45) is 1.58. The third-order valence-electron chi connectivity index (χ3n) is 3.98. The van der Waals surface area contributed by atoms with Gasteiger partial charge in [0.05, 0.1) is 6.42 Å². The fourth-order valence-electron chi connectivity index (χ4n) is 2.30. The predicted octanol–water partition coefficient (Wildman–Crippen LogP) is 0.209. The molecule has 25 heavy (non-hydrogen) atoms. The summed E-state index contributed by atoms with van der Waals surface area (Å²) in [5.74, 6) is -2.12. The summed E-state index contributed by atoms with van der Waals surface area (Å²) < 4.78 is 12.9. The Bertz CT molecular complexity index is 696. The summed E-state index contributed by atoms with van der Waals surface area (Å²) in [7, 11) is 0. The lowest BCUT2D eigenvalue weighted by atomic mass is 10.1. The van der Waals surface area contributed by atoms with Gasteiger partial charge in [0, 0.05) is 0 Å². The van der Waals surface area contributed by atoms with E-state index in [-0.39, 0.29) is 18.6 Å². The zero-order chi connectivity index (χ0) is 18.4. The van der Waals surface area contributed by atoms with Gasteiger partial charge < -0.3 is 16.8 Å². The molecule has 1 aliphatic carbocycles. The van der Waals surface area contributed by atoms with Gasteiger partial charge in [-0.3, -0.25) is 14.4 Å². The molecular formula is C17H21FN4O3. The van der Waals surface area contributed by atoms with E-state index in [2.05, 4.69) is 10.3 Å². The van der Waals surface area contributed by atoms with Crippen LogP contribution in [0.2, 0.25) is 0 Å². The molecule has 0 aliphatic heterocycles. The Morgan fingerprint density at radius 1 is 1.20 bits per heavy atom. The van der Waals surface area contributed by atoms with Crippen molar-refractivity contribution < 1.29 is 18.8 Å². The molecular weight excluding hydrogens is 327 g/mol. The lowest BCUT2D eigenvalue weighted by Crippen LogP contribution is -2.49. The van der Waals surface area contributed by atoms with E-state index in [4.69, 9.17) is 11.5 Å². The minimum absolute atomic E-state index is 0.0186. The molecule has 0 unspecified atom stereocenters. The van der Waals surface area contributed by atoms with Crippen molar-refractivity contribution in [3.63, 3.8) is 0 Å². The number of amides is 3. The average molecular weight is 348 g/mol. The molecule has 1 aliphatic rings. The fourth-order valence-corrected chi connectivity index (χ4v) is 2.30. The van der Waals surface area contributed by atoms with Crippen LogP contribution in [0.25, 0.3) is 0 Å². The van der Waals surface area contributed by atoms with E-state index in [1.807, 2.05) is 0 Å². The number of halogens is 1. The van der Waals surface area contributed by atoms with Gasteiger partial charge in [-0.1, -0.05) is 12.1 Å². The van der Waals surface area contributed by atoms with Crippen LogP contribution in [-0.2, 0) is 20.8 Å². The predicted molar refractivity (Wildman–Crippen MR) is 90.1 cm³/mol. The molecule has 1 saturated carbocycles. The Balaban J connectivity index is 2.07. The number of carbonyl (C=O) groups excluding carboxylic acids is 3. The third-order valence-corrected chi connectivity index (χ3v) is 3.98. The number of primary amides is 1. The lowest BCUT2D eigenvalue weighted by Gasteiger charge is -2.14. The molecule has 1 aromatic carbocycles. The number of nitrogens with one attached hydrogen (secondary N) is 1. The van der Waals surface area contributed by atoms with Crippen molar-refractivity contribution in [3.05, 3.63) is 35.6 Å². The van der Waals surface area contributed by atoms with Gasteiger partial charge in [0.2, 0.25) is 5.91 Å². The molecule has 5 N–H and O–H groups in total. The number of carbonyl (C=O) groups is 3. The molecule has 8 heteroatoms. The largest absolute Gasteiger partial charge is 0.368 e. The van der Waals surface area contributed by atoms with E-state index in [0.717, 1.165) is 0 Å². The van der Waals surface area contributed by atoms with Crippen LogP contribution in [0.15, 0.2) is 29.3 Å². The molecule has 1 fully saturated rings. The monoisotopic (exact) mass is 348 g/mol. The van der Waals surface area contributed by atoms with Crippen LogP contribution in [0.5, 0.6) is 0 Å². The number of aliphatic imine (C=N–C) groups is 1. The van der Waals surface area contributed by atoms with Crippen molar-refractivity contribution in [2.75, 3.05) is 6.54 Å². The van der Waals surface area contributed by atoms with Crippen LogP contribution in [0.3, 0.4) is 0 Å². The quantitative estimate of drug-likeness (QED) is 0.580. The Hall–Kier alpha value is -2.61. The molecule has 0 radical (unpaired) electrons. The summed E-state index contributed by atoms with van der Waals surface area (Å²) in [4.78, 5) is 39.7. The van der Waals surface area contributed by atoms with E-state index in [1.54, 1.807) is 0 Å². The minimum atomic E-state index is -1.03. The van der Waals surface area contributed by atoms with Crippen molar-refractivity contribution in [1.29, 1.82) is 0 Å². The van der Waals surface area contributed by atoms with Gasteiger partial charge in [-0.2, -0.15) is 0 Å². The highest BCUT2D eigenvalue weighted by Crippen LogP contribution is 2.34. The first-order chi connectivity index (χ1) is 11.9. The van der Waals surface area contributed by atoms with E-state index < -0.39 is 29.1 Å². The van der Waals surface area contributed by atoms with Gasteiger partial charge >= 0.3 is 0 Å². The van der Waals surface area contributed by atoms with Gasteiger partial charge in [0.25, 0.3) is 11.8 Å². The van der Waals surface area contributed by atoms with Crippen LogP contribution in [-0.4, -0.2) is 35.5 Å². The molecule has 7 nitrogen and oxygen atoms in total. The van der Waals surface area contributed by atoms with Gasteiger partial charge in [-0.25, -0.2) is 9.38 Å². The number of nitrogens with two attached hydrogens (primary N) is 2. The Kier molecular flexibility index (Phi) is 5.97. The maximum atomic E-state index is 12.9. The summed E-state index contributed by atoms with van der Waals surface area (Å²) in [6.45, 7) is 0.333. The summed E-state index contributed by atoms with van der Waals surface area (Å²) in [6, 6.07) is 5.46. The topological polar surface area (TPSA) is 128 Å². The summed E-state index contributed by atoms with van der Waals surface area (Å²) >= 11 is 0. The maximum absolute atomic E-state index is 12.9. The first-order valence-electron chi connectivity index (χ1n) is 8.03. The summed E-state index contributed by atoms with van der Waals surface area (Å²) in [5.41, 5.74) is 10.3. The number of rotatable bonds is 8. The number of nitrogens with zero attached hydrogens (tertiary/aromatic N) is 1. The average Bonchev–Trinajstić information content (AvgIpc) is 3.34. The van der Waals surface area contributed by atoms with E-state index in [1.165, 1.54) is 24.3 Å². The zero-order valence-corrected chi connectivity index (χ0v) is 13.8. The molecule has 0 bridgehead atoms. The Labute approximate surface area is 144 Å². The SMILES string of the molecule is NCCC/C(=N\C(=O)Cc1ccc(F)cc1)C(=O)NC1(C(N)=O)CC1. The number of benzene rings is 1. The first kappa shape index (κ1) is 18.7. The van der Waals surface area contributed by atoms with Crippen molar-refractivity contribution in [2.45, 2.75) is 37.6 Å². The minimum Gasteiger partial charge on any atom is -0.368 e. The molecule has 0 atom stereocenters. The van der Waals surface area contributed by atoms with Crippen LogP contribution in [0.4, 0.5) is 4.39 Å².